The molecule has 0 amide bonds. The maximum atomic E-state index is 6.12. The number of benzene rings is 2. The number of hydrogen-bond acceptors (Lipinski definition) is 3. The van der Waals surface area contributed by atoms with Gasteiger partial charge >= 0.3 is 0 Å². The molecule has 128 valence electrons. The van der Waals surface area contributed by atoms with Crippen molar-refractivity contribution in [2.24, 2.45) is 0 Å². The summed E-state index contributed by atoms with van der Waals surface area (Å²) in [5.41, 5.74) is 4.19. The van der Waals surface area contributed by atoms with Crippen LogP contribution in [0.3, 0.4) is 0 Å². The van der Waals surface area contributed by atoms with Crippen molar-refractivity contribution in [3.8, 4) is 0 Å². The first kappa shape index (κ1) is 17.4. The summed E-state index contributed by atoms with van der Waals surface area (Å²) in [5, 5.41) is 11.6. The lowest BCUT2D eigenvalue weighted by Gasteiger charge is -2.11. The first-order valence-corrected chi connectivity index (χ1v) is 8.58. The van der Waals surface area contributed by atoms with Crippen LogP contribution >= 0.6 is 23.8 Å². The van der Waals surface area contributed by atoms with Gasteiger partial charge in [0.2, 0.25) is 5.95 Å². The minimum atomic E-state index is 0.415. The molecule has 0 radical (unpaired) electrons. The third kappa shape index (κ3) is 4.55. The number of nitrogens with one attached hydrogen (secondary N) is 2. The van der Waals surface area contributed by atoms with Gasteiger partial charge in [0.05, 0.1) is 6.54 Å². The van der Waals surface area contributed by atoms with Gasteiger partial charge in [-0.25, -0.2) is 9.67 Å². The number of anilines is 2. The molecule has 25 heavy (non-hydrogen) atoms. The molecule has 1 heterocycles. The van der Waals surface area contributed by atoms with Gasteiger partial charge in [0.25, 0.3) is 0 Å². The highest BCUT2D eigenvalue weighted by atomic mass is 35.5. The van der Waals surface area contributed by atoms with Crippen molar-refractivity contribution in [3.63, 3.8) is 0 Å². The van der Waals surface area contributed by atoms with E-state index in [2.05, 4.69) is 51.9 Å². The molecule has 0 atom stereocenters. The van der Waals surface area contributed by atoms with E-state index >= 15 is 0 Å². The molecule has 0 fully saturated rings. The van der Waals surface area contributed by atoms with Crippen LogP contribution in [-0.2, 0) is 6.54 Å². The van der Waals surface area contributed by atoms with Crippen molar-refractivity contribution in [3.05, 3.63) is 70.5 Å². The zero-order valence-corrected chi connectivity index (χ0v) is 15.5. The van der Waals surface area contributed by atoms with Crippen LogP contribution in [0.5, 0.6) is 0 Å². The van der Waals surface area contributed by atoms with Gasteiger partial charge in [0, 0.05) is 10.7 Å². The summed E-state index contributed by atoms with van der Waals surface area (Å²) in [6, 6.07) is 14.0. The van der Waals surface area contributed by atoms with Gasteiger partial charge in [-0.15, -0.1) is 5.10 Å². The third-order valence-corrected chi connectivity index (χ3v) is 4.36. The fourth-order valence-corrected chi connectivity index (χ4v) is 2.68. The van der Waals surface area contributed by atoms with Crippen molar-refractivity contribution < 1.29 is 0 Å². The molecule has 0 spiro atoms. The van der Waals surface area contributed by atoms with Crippen LogP contribution in [0.25, 0.3) is 0 Å². The number of rotatable bonds is 4. The number of nitrogens with zero attached hydrogens (tertiary/aromatic N) is 3. The van der Waals surface area contributed by atoms with Gasteiger partial charge < -0.3 is 5.32 Å². The van der Waals surface area contributed by atoms with Crippen LogP contribution in [0.1, 0.15) is 16.7 Å². The van der Waals surface area contributed by atoms with E-state index in [1.54, 1.807) is 11.0 Å². The summed E-state index contributed by atoms with van der Waals surface area (Å²) in [7, 11) is 0. The molecule has 1 aromatic heterocycles. The molecule has 0 aliphatic rings. The molecule has 0 saturated heterocycles. The first-order valence-electron chi connectivity index (χ1n) is 7.79. The molecular weight excluding hydrogens is 354 g/mol. The average Bonchev–Trinajstić information content (AvgIpc) is 3.01. The van der Waals surface area contributed by atoms with E-state index < -0.39 is 0 Å². The Labute approximate surface area is 157 Å². The summed E-state index contributed by atoms with van der Waals surface area (Å²) in [5.74, 6) is 0.448. The number of hydrogen-bond donors (Lipinski definition) is 2. The topological polar surface area (TPSA) is 54.8 Å². The lowest BCUT2D eigenvalue weighted by molar-refractivity contribution is 0.687. The minimum Gasteiger partial charge on any atom is -0.332 e. The van der Waals surface area contributed by atoms with Crippen molar-refractivity contribution in [2.75, 3.05) is 10.6 Å². The van der Waals surface area contributed by atoms with Gasteiger partial charge in [-0.2, -0.15) is 0 Å². The molecule has 2 aromatic carbocycles. The highest BCUT2D eigenvalue weighted by Crippen LogP contribution is 2.23. The Morgan fingerprint density at radius 3 is 2.64 bits per heavy atom. The molecule has 5 nitrogen and oxygen atoms in total. The van der Waals surface area contributed by atoms with Crippen LogP contribution in [0.15, 0.2) is 48.8 Å². The summed E-state index contributed by atoms with van der Waals surface area (Å²) in [6.45, 7) is 4.65. The smallest absolute Gasteiger partial charge is 0.248 e. The lowest BCUT2D eigenvalue weighted by atomic mass is 10.1. The number of aromatic nitrogens is 3. The van der Waals surface area contributed by atoms with E-state index in [4.69, 9.17) is 23.8 Å². The molecular formula is C18H18ClN5S. The molecule has 0 bridgehead atoms. The molecule has 0 saturated carbocycles. The summed E-state index contributed by atoms with van der Waals surface area (Å²) < 4.78 is 1.76. The predicted octanol–water partition coefficient (Wildman–Crippen LogP) is 4.41. The quantitative estimate of drug-likeness (QED) is 0.665. The van der Waals surface area contributed by atoms with E-state index in [1.807, 2.05) is 25.1 Å². The van der Waals surface area contributed by atoms with E-state index in [1.165, 1.54) is 5.56 Å². The van der Waals surface area contributed by atoms with Crippen molar-refractivity contribution in [1.29, 1.82) is 0 Å². The lowest BCUT2D eigenvalue weighted by Crippen LogP contribution is -2.20. The van der Waals surface area contributed by atoms with Crippen LogP contribution in [0.4, 0.5) is 11.6 Å². The number of aryl methyl sites for hydroxylation is 1. The van der Waals surface area contributed by atoms with Crippen LogP contribution in [0, 0.1) is 13.8 Å². The van der Waals surface area contributed by atoms with Crippen LogP contribution < -0.4 is 10.6 Å². The predicted molar refractivity (Wildman–Crippen MR) is 106 cm³/mol. The molecule has 0 unspecified atom stereocenters. The van der Waals surface area contributed by atoms with Gasteiger partial charge in [-0.05, 0) is 49.3 Å². The second-order valence-corrected chi connectivity index (χ2v) is 6.56. The zero-order valence-electron chi connectivity index (χ0n) is 14.0. The Kier molecular flexibility index (Phi) is 5.31. The second-order valence-electron chi connectivity index (χ2n) is 5.74. The Balaban J connectivity index is 1.61. The zero-order chi connectivity index (χ0) is 17.8. The first-order chi connectivity index (χ1) is 12.0. The Hall–Kier alpha value is -2.44. The van der Waals surface area contributed by atoms with Gasteiger partial charge in [0.1, 0.15) is 6.33 Å². The maximum absolute atomic E-state index is 6.12. The molecule has 7 heteroatoms. The summed E-state index contributed by atoms with van der Waals surface area (Å²) in [6.07, 6.45) is 1.68. The van der Waals surface area contributed by atoms with Crippen molar-refractivity contribution in [1.82, 2.24) is 14.8 Å². The van der Waals surface area contributed by atoms with E-state index in [0.717, 1.165) is 16.8 Å². The van der Waals surface area contributed by atoms with Crippen molar-refractivity contribution >= 4 is 40.6 Å². The molecule has 0 aliphatic carbocycles. The molecule has 3 aromatic rings. The van der Waals surface area contributed by atoms with E-state index in [0.29, 0.717) is 22.6 Å². The normalized spacial score (nSPS) is 10.5. The van der Waals surface area contributed by atoms with Gasteiger partial charge in [-0.3, -0.25) is 5.32 Å². The molecule has 3 rings (SSSR count). The highest BCUT2D eigenvalue weighted by Gasteiger charge is 2.07. The Morgan fingerprint density at radius 1 is 1.12 bits per heavy atom. The van der Waals surface area contributed by atoms with E-state index in [9.17, 15) is 0 Å². The number of halogens is 1. The second kappa shape index (κ2) is 7.63. The SMILES string of the molecule is Cc1ccc(Cn2cnc(NC(=S)Nc3cccc(Cl)c3C)n2)cc1. The van der Waals surface area contributed by atoms with Crippen LogP contribution in [-0.4, -0.2) is 19.9 Å². The Bertz CT molecular complexity index is 889. The average molecular weight is 372 g/mol. The van der Waals surface area contributed by atoms with Crippen LogP contribution in [0.2, 0.25) is 5.02 Å². The molecule has 2 N–H and O–H groups in total. The fourth-order valence-electron chi connectivity index (χ4n) is 2.31. The minimum absolute atomic E-state index is 0.415. The fraction of sp³-hybridized carbons (Fsp3) is 0.167. The number of thiocarbonyl (C=S) groups is 1. The summed E-state index contributed by atoms with van der Waals surface area (Å²) >= 11 is 11.4. The summed E-state index contributed by atoms with van der Waals surface area (Å²) in [4.78, 5) is 4.24. The maximum Gasteiger partial charge on any atom is 0.248 e. The standard InChI is InChI=1S/C18H18ClN5S/c1-12-6-8-14(9-7-12)10-24-11-20-17(23-24)22-18(25)21-16-5-3-4-15(19)13(16)2/h3-9,11H,10H2,1-2H3,(H2,21,22,23,25). The Morgan fingerprint density at radius 2 is 1.88 bits per heavy atom. The third-order valence-electron chi connectivity index (χ3n) is 3.74. The largest absolute Gasteiger partial charge is 0.332 e. The molecule has 0 aliphatic heterocycles. The van der Waals surface area contributed by atoms with Gasteiger partial charge in [-0.1, -0.05) is 47.5 Å². The van der Waals surface area contributed by atoms with Gasteiger partial charge in [0.15, 0.2) is 5.11 Å². The van der Waals surface area contributed by atoms with E-state index in [-0.39, 0.29) is 0 Å². The van der Waals surface area contributed by atoms with Crippen molar-refractivity contribution in [2.45, 2.75) is 20.4 Å². The highest BCUT2D eigenvalue weighted by molar-refractivity contribution is 7.80. The monoisotopic (exact) mass is 371 g/mol.